The number of hydrogen-bond acceptors (Lipinski definition) is 5. The minimum Gasteiger partial charge on any atom is -0.338 e. The molecule has 0 aromatic carbocycles. The van der Waals surface area contributed by atoms with Crippen molar-refractivity contribution in [2.45, 2.75) is 70.2 Å². The summed E-state index contributed by atoms with van der Waals surface area (Å²) in [5.74, 6) is 5.25. The summed E-state index contributed by atoms with van der Waals surface area (Å²) < 4.78 is 5.50. The van der Waals surface area contributed by atoms with Crippen molar-refractivity contribution in [3.05, 3.63) is 11.7 Å². The normalized spacial score (nSPS) is 29.6. The molecule has 1 aliphatic carbocycles. The summed E-state index contributed by atoms with van der Waals surface area (Å²) in [6.45, 7) is 4.47. The van der Waals surface area contributed by atoms with Gasteiger partial charge in [0, 0.05) is 6.04 Å². The molecule has 4 nitrogen and oxygen atoms in total. The summed E-state index contributed by atoms with van der Waals surface area (Å²) in [4.78, 5) is 4.61. The maximum Gasteiger partial charge on any atom is 0.243 e. The van der Waals surface area contributed by atoms with Crippen LogP contribution in [-0.4, -0.2) is 21.9 Å². The Balaban J connectivity index is 1.53. The van der Waals surface area contributed by atoms with Gasteiger partial charge in [-0.05, 0) is 43.3 Å². The lowest BCUT2D eigenvalue weighted by atomic mass is 9.78. The van der Waals surface area contributed by atoms with E-state index in [4.69, 9.17) is 4.52 Å². The molecule has 1 aromatic heterocycles. The molecule has 5 heteroatoms. The number of rotatable bonds is 5. The number of hydrogen-bond donors (Lipinski definition) is 1. The second-order valence-corrected chi connectivity index (χ2v) is 7.94. The number of aromatic nitrogens is 2. The van der Waals surface area contributed by atoms with Gasteiger partial charge in [0.15, 0.2) is 5.82 Å². The zero-order chi connectivity index (χ0) is 14.7. The van der Waals surface area contributed by atoms with E-state index < -0.39 is 0 Å². The Bertz CT molecular complexity index is 448. The Morgan fingerprint density at radius 2 is 2.10 bits per heavy atom. The van der Waals surface area contributed by atoms with E-state index in [1.54, 1.807) is 0 Å². The van der Waals surface area contributed by atoms with Crippen LogP contribution in [0, 0.1) is 11.8 Å². The molecule has 0 spiro atoms. The van der Waals surface area contributed by atoms with Crippen molar-refractivity contribution < 1.29 is 4.52 Å². The SMILES string of the molecule is CC(C)CSCc1noc(C2CCC3CCCCC3N2)n1. The van der Waals surface area contributed by atoms with Crippen molar-refractivity contribution in [1.82, 2.24) is 15.5 Å². The van der Waals surface area contributed by atoms with Gasteiger partial charge in [-0.1, -0.05) is 31.8 Å². The van der Waals surface area contributed by atoms with Gasteiger partial charge in [-0.3, -0.25) is 0 Å². The predicted octanol–water partition coefficient (Wildman–Crippen LogP) is 3.94. The first-order chi connectivity index (χ1) is 10.2. The van der Waals surface area contributed by atoms with Crippen molar-refractivity contribution in [2.75, 3.05) is 5.75 Å². The highest BCUT2D eigenvalue weighted by atomic mass is 32.2. The van der Waals surface area contributed by atoms with Crippen LogP contribution in [0.5, 0.6) is 0 Å². The minimum atomic E-state index is 0.278. The number of piperidine rings is 1. The molecular weight excluding hydrogens is 282 g/mol. The Labute approximate surface area is 131 Å². The largest absolute Gasteiger partial charge is 0.338 e. The lowest BCUT2D eigenvalue weighted by Crippen LogP contribution is -2.44. The molecule has 1 aliphatic heterocycles. The highest BCUT2D eigenvalue weighted by molar-refractivity contribution is 7.98. The maximum absolute atomic E-state index is 5.50. The van der Waals surface area contributed by atoms with E-state index in [0.29, 0.717) is 12.0 Å². The average Bonchev–Trinajstić information content (AvgIpc) is 2.95. The number of nitrogens with one attached hydrogen (secondary N) is 1. The van der Waals surface area contributed by atoms with Crippen molar-refractivity contribution in [2.24, 2.45) is 11.8 Å². The Kier molecular flexibility index (Phi) is 5.22. The van der Waals surface area contributed by atoms with Crippen LogP contribution in [0.25, 0.3) is 0 Å². The molecular formula is C16H27N3OS. The third kappa shape index (κ3) is 4.01. The van der Waals surface area contributed by atoms with Gasteiger partial charge in [0.2, 0.25) is 5.89 Å². The van der Waals surface area contributed by atoms with Crippen LogP contribution in [0.15, 0.2) is 4.52 Å². The van der Waals surface area contributed by atoms with Gasteiger partial charge in [0.1, 0.15) is 0 Å². The molecule has 1 N–H and O–H groups in total. The maximum atomic E-state index is 5.50. The fourth-order valence-electron chi connectivity index (χ4n) is 3.54. The van der Waals surface area contributed by atoms with E-state index in [1.165, 1.54) is 32.1 Å². The molecule has 2 aliphatic rings. The number of fused-ring (bicyclic) bond motifs is 1. The Morgan fingerprint density at radius 1 is 1.24 bits per heavy atom. The van der Waals surface area contributed by atoms with Gasteiger partial charge in [0.05, 0.1) is 11.8 Å². The molecule has 3 atom stereocenters. The van der Waals surface area contributed by atoms with Gasteiger partial charge in [-0.25, -0.2) is 0 Å². The molecule has 2 fully saturated rings. The van der Waals surface area contributed by atoms with Gasteiger partial charge < -0.3 is 9.84 Å². The molecule has 3 rings (SSSR count). The molecule has 3 unspecified atom stereocenters. The fraction of sp³-hybridized carbons (Fsp3) is 0.875. The van der Waals surface area contributed by atoms with E-state index in [1.807, 2.05) is 11.8 Å². The Morgan fingerprint density at radius 3 is 2.95 bits per heavy atom. The number of thioether (sulfide) groups is 1. The van der Waals surface area contributed by atoms with Crippen LogP contribution in [0.1, 0.15) is 70.1 Å². The van der Waals surface area contributed by atoms with Crippen LogP contribution in [0.4, 0.5) is 0 Å². The van der Waals surface area contributed by atoms with E-state index >= 15 is 0 Å². The van der Waals surface area contributed by atoms with Crippen molar-refractivity contribution in [3.63, 3.8) is 0 Å². The van der Waals surface area contributed by atoms with Gasteiger partial charge in [-0.2, -0.15) is 16.7 Å². The molecule has 1 saturated carbocycles. The van der Waals surface area contributed by atoms with Crippen LogP contribution in [0.3, 0.4) is 0 Å². The molecule has 118 valence electrons. The summed E-state index contributed by atoms with van der Waals surface area (Å²) in [5, 5.41) is 7.90. The predicted molar refractivity (Wildman–Crippen MR) is 86.2 cm³/mol. The lowest BCUT2D eigenvalue weighted by molar-refractivity contribution is 0.158. The van der Waals surface area contributed by atoms with Gasteiger partial charge in [0.25, 0.3) is 0 Å². The third-order valence-corrected chi connectivity index (χ3v) is 5.98. The summed E-state index contributed by atoms with van der Waals surface area (Å²) in [5.41, 5.74) is 0. The summed E-state index contributed by atoms with van der Waals surface area (Å²) in [6, 6.07) is 0.948. The molecule has 0 amide bonds. The molecule has 1 aromatic rings. The van der Waals surface area contributed by atoms with Crippen LogP contribution >= 0.6 is 11.8 Å². The quantitative estimate of drug-likeness (QED) is 0.892. The summed E-state index contributed by atoms with van der Waals surface area (Å²) >= 11 is 1.89. The zero-order valence-electron chi connectivity index (χ0n) is 13.2. The molecule has 1 saturated heterocycles. The second kappa shape index (κ2) is 7.14. The van der Waals surface area contributed by atoms with Crippen LogP contribution in [0.2, 0.25) is 0 Å². The molecule has 0 radical (unpaired) electrons. The molecule has 21 heavy (non-hydrogen) atoms. The van der Waals surface area contributed by atoms with Crippen molar-refractivity contribution >= 4 is 11.8 Å². The van der Waals surface area contributed by atoms with Crippen LogP contribution in [-0.2, 0) is 5.75 Å². The monoisotopic (exact) mass is 309 g/mol. The molecule has 0 bridgehead atoms. The fourth-order valence-corrected chi connectivity index (χ4v) is 4.43. The minimum absolute atomic E-state index is 0.278. The van der Waals surface area contributed by atoms with Gasteiger partial charge >= 0.3 is 0 Å². The van der Waals surface area contributed by atoms with Gasteiger partial charge in [-0.15, -0.1) is 0 Å². The smallest absolute Gasteiger partial charge is 0.243 e. The van der Waals surface area contributed by atoms with E-state index in [9.17, 15) is 0 Å². The Hall–Kier alpha value is -0.550. The topological polar surface area (TPSA) is 51.0 Å². The highest BCUT2D eigenvalue weighted by Crippen LogP contribution is 2.36. The van der Waals surface area contributed by atoms with Crippen molar-refractivity contribution in [1.29, 1.82) is 0 Å². The first-order valence-corrected chi connectivity index (χ1v) is 9.54. The van der Waals surface area contributed by atoms with Crippen LogP contribution < -0.4 is 5.32 Å². The summed E-state index contributed by atoms with van der Waals surface area (Å²) in [7, 11) is 0. The first kappa shape index (κ1) is 15.3. The van der Waals surface area contributed by atoms with E-state index in [-0.39, 0.29) is 6.04 Å². The standard InChI is InChI=1S/C16H27N3OS/c1-11(2)9-21-10-15-18-16(20-19-15)14-8-7-12-5-3-4-6-13(12)17-14/h11-14,17H,3-10H2,1-2H3. The first-order valence-electron chi connectivity index (χ1n) is 8.38. The van der Waals surface area contributed by atoms with E-state index in [2.05, 4.69) is 29.3 Å². The average molecular weight is 309 g/mol. The summed E-state index contributed by atoms with van der Waals surface area (Å²) in [6.07, 6.45) is 7.93. The zero-order valence-corrected chi connectivity index (χ0v) is 14.0. The highest BCUT2D eigenvalue weighted by Gasteiger charge is 2.34. The third-order valence-electron chi connectivity index (χ3n) is 4.61. The lowest BCUT2D eigenvalue weighted by Gasteiger charge is -2.39. The van der Waals surface area contributed by atoms with Crippen molar-refractivity contribution in [3.8, 4) is 0 Å². The molecule has 2 heterocycles. The van der Waals surface area contributed by atoms with E-state index in [0.717, 1.165) is 35.6 Å². The number of nitrogens with zero attached hydrogens (tertiary/aromatic N) is 2. The second-order valence-electron chi connectivity index (χ2n) is 6.91.